The van der Waals surface area contributed by atoms with Gasteiger partial charge in [0.05, 0.1) is 22.6 Å². The van der Waals surface area contributed by atoms with Crippen molar-refractivity contribution in [2.24, 2.45) is 0 Å². The molecule has 1 atom stereocenters. The van der Waals surface area contributed by atoms with E-state index in [9.17, 15) is 23.6 Å². The summed E-state index contributed by atoms with van der Waals surface area (Å²) in [6, 6.07) is 18.3. The number of rotatable bonds is 9. The molecule has 0 amide bonds. The normalized spacial score (nSPS) is 12.2. The van der Waals surface area contributed by atoms with E-state index < -0.39 is 32.2 Å². The molecule has 0 aliphatic carbocycles. The molecule has 2 heterocycles. The Hall–Kier alpha value is -4.29. The van der Waals surface area contributed by atoms with E-state index in [1.54, 1.807) is 48.7 Å². The highest BCUT2D eigenvalue weighted by Gasteiger charge is 2.31. The van der Waals surface area contributed by atoms with Gasteiger partial charge in [0.25, 0.3) is 5.56 Å². The first-order valence-corrected chi connectivity index (χ1v) is 14.3. The molecule has 0 unspecified atom stereocenters. The SMILES string of the molecule is CCCCc1nc(=O)c(S(=O)(=O)c2ccc(-c3cccnc3C)cc2)c(O)n1[C@@H](CC)c1ccc(C#N)cc1. The number of nitrogens with zero attached hydrogens (tertiary/aromatic N) is 4. The lowest BCUT2D eigenvalue weighted by atomic mass is 10.0. The second-order valence-electron chi connectivity index (χ2n) is 9.28. The van der Waals surface area contributed by atoms with E-state index in [2.05, 4.69) is 16.0 Å². The predicted octanol–water partition coefficient (Wildman–Crippen LogP) is 5.37. The summed E-state index contributed by atoms with van der Waals surface area (Å²) in [5, 5.41) is 20.6. The van der Waals surface area contributed by atoms with Gasteiger partial charge in [-0.2, -0.15) is 10.2 Å². The number of aromatic nitrogens is 3. The number of unbranched alkanes of at least 4 members (excludes halogenated alkanes) is 1. The highest BCUT2D eigenvalue weighted by Crippen LogP contribution is 2.34. The molecule has 0 aliphatic rings. The molecule has 0 saturated carbocycles. The van der Waals surface area contributed by atoms with Gasteiger partial charge in [-0.25, -0.2) is 8.42 Å². The van der Waals surface area contributed by atoms with E-state index in [-0.39, 0.29) is 4.90 Å². The van der Waals surface area contributed by atoms with Gasteiger partial charge in [0, 0.05) is 23.9 Å². The largest absolute Gasteiger partial charge is 0.493 e. The molecule has 0 bridgehead atoms. The topological polar surface area (TPSA) is 126 Å². The minimum atomic E-state index is -4.41. The average Bonchev–Trinajstić information content (AvgIpc) is 2.94. The summed E-state index contributed by atoms with van der Waals surface area (Å²) in [6.07, 6.45) is 4.10. The molecule has 1 N–H and O–H groups in total. The quantitative estimate of drug-likeness (QED) is 0.301. The molecule has 0 aliphatic heterocycles. The fourth-order valence-electron chi connectivity index (χ4n) is 4.69. The van der Waals surface area contributed by atoms with Crippen LogP contribution in [-0.2, 0) is 16.3 Å². The van der Waals surface area contributed by atoms with Gasteiger partial charge in [0.2, 0.25) is 15.7 Å². The average molecular weight is 543 g/mol. The zero-order valence-corrected chi connectivity index (χ0v) is 22.9. The zero-order valence-electron chi connectivity index (χ0n) is 22.1. The van der Waals surface area contributed by atoms with Crippen molar-refractivity contribution in [2.75, 3.05) is 0 Å². The summed E-state index contributed by atoms with van der Waals surface area (Å²) in [5.41, 5.74) is 2.69. The number of benzene rings is 2. The Balaban J connectivity index is 1.86. The van der Waals surface area contributed by atoms with E-state index in [1.165, 1.54) is 16.7 Å². The van der Waals surface area contributed by atoms with Crippen LogP contribution >= 0.6 is 0 Å². The third-order valence-corrected chi connectivity index (χ3v) is 8.55. The van der Waals surface area contributed by atoms with Crippen molar-refractivity contribution in [3.63, 3.8) is 0 Å². The number of nitriles is 1. The number of aryl methyl sites for hydroxylation is 2. The second-order valence-corrected chi connectivity index (χ2v) is 11.2. The first-order valence-electron chi connectivity index (χ1n) is 12.8. The molecular formula is C30H30N4O4S. The fourth-order valence-corrected chi connectivity index (χ4v) is 6.04. The lowest BCUT2D eigenvalue weighted by Crippen LogP contribution is -2.27. The van der Waals surface area contributed by atoms with E-state index in [1.807, 2.05) is 26.8 Å². The monoisotopic (exact) mass is 542 g/mol. The molecule has 2 aromatic heterocycles. The maximum atomic E-state index is 13.7. The smallest absolute Gasteiger partial charge is 0.296 e. The predicted molar refractivity (Wildman–Crippen MR) is 148 cm³/mol. The molecule has 200 valence electrons. The van der Waals surface area contributed by atoms with Crippen molar-refractivity contribution in [1.29, 1.82) is 5.26 Å². The molecule has 0 spiro atoms. The van der Waals surface area contributed by atoms with Crippen LogP contribution in [0.15, 0.2) is 81.4 Å². The summed E-state index contributed by atoms with van der Waals surface area (Å²) in [7, 11) is -4.41. The number of aromatic hydroxyl groups is 1. The Morgan fingerprint density at radius 1 is 1.05 bits per heavy atom. The van der Waals surface area contributed by atoms with Crippen LogP contribution in [0.3, 0.4) is 0 Å². The molecule has 4 rings (SSSR count). The minimum Gasteiger partial charge on any atom is -0.493 e. The molecule has 0 radical (unpaired) electrons. The molecule has 39 heavy (non-hydrogen) atoms. The number of hydrogen-bond acceptors (Lipinski definition) is 7. The standard InChI is InChI=1S/C30H30N4O4S/c1-4-6-9-27-33-29(35)28(30(36)34(27)26(5-2)23-12-10-21(19-31)11-13-23)39(37,38)24-16-14-22(15-17-24)25-8-7-18-32-20(25)3/h7-8,10-18,26,36H,4-6,9H2,1-3H3/t26-/m0/s1. The van der Waals surface area contributed by atoms with Gasteiger partial charge < -0.3 is 5.11 Å². The molecule has 8 nitrogen and oxygen atoms in total. The number of sulfone groups is 1. The fraction of sp³-hybridized carbons (Fsp3) is 0.267. The Morgan fingerprint density at radius 3 is 2.33 bits per heavy atom. The molecule has 9 heteroatoms. The van der Waals surface area contributed by atoms with Crippen LogP contribution in [0.25, 0.3) is 11.1 Å². The summed E-state index contributed by atoms with van der Waals surface area (Å²) >= 11 is 0. The summed E-state index contributed by atoms with van der Waals surface area (Å²) < 4.78 is 28.9. The highest BCUT2D eigenvalue weighted by atomic mass is 32.2. The highest BCUT2D eigenvalue weighted by molar-refractivity contribution is 7.91. The second kappa shape index (κ2) is 11.6. The summed E-state index contributed by atoms with van der Waals surface area (Å²) in [6.45, 7) is 5.76. The van der Waals surface area contributed by atoms with E-state index in [4.69, 9.17) is 0 Å². The maximum absolute atomic E-state index is 13.7. The molecule has 2 aromatic carbocycles. The van der Waals surface area contributed by atoms with Gasteiger partial charge in [-0.15, -0.1) is 0 Å². The Labute approximate surface area is 228 Å². The van der Waals surface area contributed by atoms with Gasteiger partial charge in [-0.05, 0) is 61.2 Å². The third-order valence-electron chi connectivity index (χ3n) is 6.76. The van der Waals surface area contributed by atoms with Crippen molar-refractivity contribution in [1.82, 2.24) is 14.5 Å². The summed E-state index contributed by atoms with van der Waals surface area (Å²) in [5.74, 6) is -0.318. The van der Waals surface area contributed by atoms with Gasteiger partial charge in [0.15, 0.2) is 4.90 Å². The van der Waals surface area contributed by atoms with Crippen LogP contribution < -0.4 is 5.56 Å². The van der Waals surface area contributed by atoms with E-state index >= 15 is 0 Å². The van der Waals surface area contributed by atoms with Crippen LogP contribution in [0.4, 0.5) is 0 Å². The van der Waals surface area contributed by atoms with E-state index in [0.29, 0.717) is 30.7 Å². The van der Waals surface area contributed by atoms with E-state index in [0.717, 1.165) is 28.8 Å². The van der Waals surface area contributed by atoms with Crippen molar-refractivity contribution in [3.8, 4) is 23.1 Å². The molecular weight excluding hydrogens is 512 g/mol. The van der Waals surface area contributed by atoms with Gasteiger partial charge in [-0.1, -0.05) is 50.6 Å². The Bertz CT molecular complexity index is 1690. The minimum absolute atomic E-state index is 0.124. The van der Waals surface area contributed by atoms with Crippen LogP contribution in [0.2, 0.25) is 0 Å². The Kier molecular flexibility index (Phi) is 8.27. The third kappa shape index (κ3) is 5.47. The van der Waals surface area contributed by atoms with Crippen molar-refractivity contribution in [2.45, 2.75) is 62.3 Å². The van der Waals surface area contributed by atoms with Crippen LogP contribution in [-0.4, -0.2) is 28.1 Å². The molecule has 0 fully saturated rings. The first kappa shape index (κ1) is 27.7. The number of pyridine rings is 1. The van der Waals surface area contributed by atoms with Crippen molar-refractivity contribution >= 4 is 9.84 Å². The molecule has 0 saturated heterocycles. The summed E-state index contributed by atoms with van der Waals surface area (Å²) in [4.78, 5) is 20.7. The molecule has 4 aromatic rings. The van der Waals surface area contributed by atoms with Gasteiger partial charge in [0.1, 0.15) is 5.82 Å². The van der Waals surface area contributed by atoms with Crippen LogP contribution in [0.5, 0.6) is 5.88 Å². The van der Waals surface area contributed by atoms with Crippen molar-refractivity contribution in [3.05, 3.63) is 99.9 Å². The van der Waals surface area contributed by atoms with Gasteiger partial charge in [-0.3, -0.25) is 14.3 Å². The lowest BCUT2D eigenvalue weighted by Gasteiger charge is -2.25. The zero-order chi connectivity index (χ0) is 28.2. The van der Waals surface area contributed by atoms with Crippen molar-refractivity contribution < 1.29 is 13.5 Å². The van der Waals surface area contributed by atoms with Gasteiger partial charge >= 0.3 is 0 Å². The lowest BCUT2D eigenvalue weighted by molar-refractivity contribution is 0.358. The maximum Gasteiger partial charge on any atom is 0.296 e. The number of hydrogen-bond donors (Lipinski definition) is 1. The van der Waals surface area contributed by atoms with Crippen LogP contribution in [0, 0.1) is 18.3 Å². The van der Waals surface area contributed by atoms with Crippen LogP contribution in [0.1, 0.15) is 61.8 Å². The Morgan fingerprint density at radius 2 is 1.74 bits per heavy atom. The first-order chi connectivity index (χ1) is 18.7.